The number of aromatic nitrogens is 1. The third kappa shape index (κ3) is 4.90. The fourth-order valence-electron chi connectivity index (χ4n) is 3.51. The van der Waals surface area contributed by atoms with E-state index in [-0.39, 0.29) is 18.6 Å². The number of amides is 2. The van der Waals surface area contributed by atoms with Gasteiger partial charge in [0, 0.05) is 31.2 Å². The van der Waals surface area contributed by atoms with Crippen LogP contribution in [0.2, 0.25) is 0 Å². The maximum Gasteiger partial charge on any atom is 0.317 e. The van der Waals surface area contributed by atoms with E-state index in [1.54, 1.807) is 11.1 Å². The summed E-state index contributed by atoms with van der Waals surface area (Å²) in [5.74, 6) is 1.10. The average Bonchev–Trinajstić information content (AvgIpc) is 3.16. The quantitative estimate of drug-likeness (QED) is 0.794. The Labute approximate surface area is 165 Å². The van der Waals surface area contributed by atoms with E-state index in [9.17, 15) is 13.2 Å². The molecular formula is C19H26N4O4S. The van der Waals surface area contributed by atoms with E-state index in [1.807, 2.05) is 37.3 Å². The smallest absolute Gasteiger partial charge is 0.317 e. The zero-order chi connectivity index (χ0) is 20.1. The van der Waals surface area contributed by atoms with Gasteiger partial charge in [0.2, 0.25) is 15.9 Å². The minimum absolute atomic E-state index is 0.0516. The maximum atomic E-state index is 12.4. The SMILES string of the molecule is CCN(C1CCN(C(=O)NCc2ncc(-c3ccccc3)o2)CC1)S(C)(=O)=O. The highest BCUT2D eigenvalue weighted by Gasteiger charge is 2.30. The number of likely N-dealkylation sites (tertiary alicyclic amines) is 1. The van der Waals surface area contributed by atoms with Gasteiger partial charge in [0.25, 0.3) is 0 Å². The highest BCUT2D eigenvalue weighted by atomic mass is 32.2. The Kier molecular flexibility index (Phi) is 6.35. The lowest BCUT2D eigenvalue weighted by Gasteiger charge is -2.36. The molecule has 28 heavy (non-hydrogen) atoms. The Morgan fingerprint density at radius 1 is 1.29 bits per heavy atom. The molecule has 0 unspecified atom stereocenters. The molecule has 3 rings (SSSR count). The Balaban J connectivity index is 1.50. The van der Waals surface area contributed by atoms with Gasteiger partial charge in [-0.1, -0.05) is 37.3 Å². The summed E-state index contributed by atoms with van der Waals surface area (Å²) in [5.41, 5.74) is 0.931. The molecule has 1 fully saturated rings. The summed E-state index contributed by atoms with van der Waals surface area (Å²) in [6.07, 6.45) is 4.14. The molecule has 0 atom stereocenters. The number of benzene rings is 1. The summed E-state index contributed by atoms with van der Waals surface area (Å²) >= 11 is 0. The second-order valence-electron chi connectivity index (χ2n) is 6.83. The van der Waals surface area contributed by atoms with Gasteiger partial charge in [-0.15, -0.1) is 0 Å². The molecule has 0 saturated carbocycles. The molecule has 1 aliphatic heterocycles. The lowest BCUT2D eigenvalue weighted by molar-refractivity contribution is 0.158. The maximum absolute atomic E-state index is 12.4. The third-order valence-corrected chi connectivity index (χ3v) is 6.31. The molecule has 152 valence electrons. The summed E-state index contributed by atoms with van der Waals surface area (Å²) < 4.78 is 30.9. The number of nitrogens with zero attached hydrogens (tertiary/aromatic N) is 3. The number of piperidine rings is 1. The van der Waals surface area contributed by atoms with E-state index in [1.165, 1.54) is 10.6 Å². The van der Waals surface area contributed by atoms with Crippen molar-refractivity contribution in [2.24, 2.45) is 0 Å². The minimum Gasteiger partial charge on any atom is -0.439 e. The molecule has 8 nitrogen and oxygen atoms in total. The molecule has 1 aromatic heterocycles. The van der Waals surface area contributed by atoms with E-state index in [0.29, 0.717) is 44.1 Å². The van der Waals surface area contributed by atoms with Gasteiger partial charge >= 0.3 is 6.03 Å². The predicted molar refractivity (Wildman–Crippen MR) is 106 cm³/mol. The highest BCUT2D eigenvalue weighted by Crippen LogP contribution is 2.20. The molecule has 0 bridgehead atoms. The molecule has 2 amide bonds. The van der Waals surface area contributed by atoms with Crippen LogP contribution in [0.5, 0.6) is 0 Å². The summed E-state index contributed by atoms with van der Waals surface area (Å²) in [4.78, 5) is 18.3. The van der Waals surface area contributed by atoms with Crippen molar-refractivity contribution in [1.29, 1.82) is 0 Å². The predicted octanol–water partition coefficient (Wildman–Crippen LogP) is 2.30. The summed E-state index contributed by atoms with van der Waals surface area (Å²) in [7, 11) is -3.23. The van der Waals surface area contributed by atoms with Crippen LogP contribution in [0.1, 0.15) is 25.7 Å². The number of hydrogen-bond acceptors (Lipinski definition) is 5. The van der Waals surface area contributed by atoms with Crippen molar-refractivity contribution in [2.45, 2.75) is 32.4 Å². The van der Waals surface area contributed by atoms with E-state index >= 15 is 0 Å². The lowest BCUT2D eigenvalue weighted by atomic mass is 10.1. The van der Waals surface area contributed by atoms with Gasteiger partial charge in [-0.2, -0.15) is 4.31 Å². The number of urea groups is 1. The third-order valence-electron chi connectivity index (χ3n) is 4.90. The Morgan fingerprint density at radius 3 is 2.57 bits per heavy atom. The number of carbonyl (C=O) groups excluding carboxylic acids is 1. The van der Waals surface area contributed by atoms with Crippen LogP contribution < -0.4 is 5.32 Å². The van der Waals surface area contributed by atoms with Crippen molar-refractivity contribution in [3.05, 3.63) is 42.4 Å². The van der Waals surface area contributed by atoms with E-state index in [4.69, 9.17) is 4.42 Å². The van der Waals surface area contributed by atoms with Crippen molar-refractivity contribution < 1.29 is 17.6 Å². The Morgan fingerprint density at radius 2 is 1.96 bits per heavy atom. The van der Waals surface area contributed by atoms with Gasteiger partial charge in [-0.05, 0) is 12.8 Å². The topological polar surface area (TPSA) is 95.8 Å². The number of nitrogens with one attached hydrogen (secondary N) is 1. The second-order valence-corrected chi connectivity index (χ2v) is 8.76. The van der Waals surface area contributed by atoms with Crippen molar-refractivity contribution >= 4 is 16.1 Å². The molecular weight excluding hydrogens is 380 g/mol. The first-order valence-electron chi connectivity index (χ1n) is 9.38. The molecule has 0 aliphatic carbocycles. The monoisotopic (exact) mass is 406 g/mol. The highest BCUT2D eigenvalue weighted by molar-refractivity contribution is 7.88. The largest absolute Gasteiger partial charge is 0.439 e. The van der Waals surface area contributed by atoms with Crippen LogP contribution in [0.3, 0.4) is 0 Å². The van der Waals surface area contributed by atoms with E-state index < -0.39 is 10.0 Å². The molecule has 1 N–H and O–H groups in total. The van der Waals surface area contributed by atoms with Gasteiger partial charge in [0.1, 0.15) is 0 Å². The minimum atomic E-state index is -3.23. The van der Waals surface area contributed by atoms with Gasteiger partial charge in [-0.25, -0.2) is 18.2 Å². The molecule has 1 saturated heterocycles. The van der Waals surface area contributed by atoms with E-state index in [0.717, 1.165) is 5.56 Å². The van der Waals surface area contributed by atoms with Crippen LogP contribution in [0, 0.1) is 0 Å². The number of hydrogen-bond donors (Lipinski definition) is 1. The van der Waals surface area contributed by atoms with Crippen molar-refractivity contribution in [2.75, 3.05) is 25.9 Å². The first-order valence-corrected chi connectivity index (χ1v) is 11.2. The van der Waals surface area contributed by atoms with Gasteiger partial charge < -0.3 is 14.6 Å². The van der Waals surface area contributed by atoms with Gasteiger partial charge in [0.15, 0.2) is 5.76 Å². The first-order chi connectivity index (χ1) is 13.4. The van der Waals surface area contributed by atoms with Crippen molar-refractivity contribution in [1.82, 2.24) is 19.5 Å². The molecule has 1 aliphatic rings. The molecule has 0 spiro atoms. The van der Waals surface area contributed by atoms with Crippen LogP contribution in [0.15, 0.2) is 40.9 Å². The van der Waals surface area contributed by atoms with E-state index in [2.05, 4.69) is 10.3 Å². The zero-order valence-electron chi connectivity index (χ0n) is 16.2. The van der Waals surface area contributed by atoms with Crippen LogP contribution in [0.25, 0.3) is 11.3 Å². The molecule has 9 heteroatoms. The molecule has 1 aromatic carbocycles. The number of carbonyl (C=O) groups is 1. The fraction of sp³-hybridized carbons (Fsp3) is 0.474. The summed E-state index contributed by atoms with van der Waals surface area (Å²) in [5, 5.41) is 2.82. The standard InChI is InChI=1S/C19H26N4O4S/c1-3-23(28(2,25)26)16-9-11-22(12-10-16)19(24)21-14-18-20-13-17(27-18)15-7-5-4-6-8-15/h4-8,13,16H,3,9-12,14H2,1-2H3,(H,21,24). The average molecular weight is 407 g/mol. The van der Waals surface area contributed by atoms with Crippen molar-refractivity contribution in [3.63, 3.8) is 0 Å². The normalized spacial score (nSPS) is 15.8. The Bertz CT molecular complexity index is 890. The van der Waals surface area contributed by atoms with Crippen molar-refractivity contribution in [3.8, 4) is 11.3 Å². The lowest BCUT2D eigenvalue weighted by Crippen LogP contribution is -2.50. The second kappa shape index (κ2) is 8.74. The molecule has 0 radical (unpaired) electrons. The van der Waals surface area contributed by atoms with Gasteiger partial charge in [0.05, 0.1) is 19.0 Å². The van der Waals surface area contributed by atoms with Crippen LogP contribution >= 0.6 is 0 Å². The number of oxazole rings is 1. The molecule has 2 heterocycles. The Hall–Kier alpha value is -2.39. The zero-order valence-corrected chi connectivity index (χ0v) is 17.0. The van der Waals surface area contributed by atoms with Gasteiger partial charge in [-0.3, -0.25) is 0 Å². The first kappa shape index (κ1) is 20.3. The fourth-order valence-corrected chi connectivity index (χ4v) is 4.73. The van der Waals surface area contributed by atoms with Crippen LogP contribution in [-0.4, -0.2) is 60.6 Å². The molecule has 2 aromatic rings. The summed E-state index contributed by atoms with van der Waals surface area (Å²) in [6.45, 7) is 3.52. The number of sulfonamides is 1. The van der Waals surface area contributed by atoms with Crippen LogP contribution in [0.4, 0.5) is 4.79 Å². The summed E-state index contributed by atoms with van der Waals surface area (Å²) in [6, 6.07) is 9.40. The number of rotatable bonds is 6. The van der Waals surface area contributed by atoms with Crippen LogP contribution in [-0.2, 0) is 16.6 Å².